The van der Waals surface area contributed by atoms with Crippen molar-refractivity contribution in [2.24, 2.45) is 0 Å². The van der Waals surface area contributed by atoms with Gasteiger partial charge in [-0.3, -0.25) is 20.2 Å². The third kappa shape index (κ3) is 4.33. The van der Waals surface area contributed by atoms with Gasteiger partial charge in [-0.05, 0) is 85.3 Å². The molecule has 1 aliphatic rings. The molecule has 1 heterocycles. The van der Waals surface area contributed by atoms with E-state index in [1.165, 1.54) is 6.08 Å². The molecule has 0 spiro atoms. The minimum atomic E-state index is -0.816. The molecule has 0 radical (unpaired) electrons. The number of fused-ring (bicyclic) bond motifs is 1. The van der Waals surface area contributed by atoms with Crippen molar-refractivity contribution >= 4 is 79.9 Å². The Bertz CT molecular complexity index is 1190. The number of imide groups is 2. The summed E-state index contributed by atoms with van der Waals surface area (Å²) in [5.74, 6) is -0.700. The molecule has 4 rings (SSSR count). The number of hydrogen-bond donors (Lipinski definition) is 2. The van der Waals surface area contributed by atoms with Crippen LogP contribution >= 0.6 is 45.2 Å². The molecular weight excluding hydrogens is 610 g/mol. The molecular formula is C22H14I2N2O4. The van der Waals surface area contributed by atoms with E-state index >= 15 is 0 Å². The number of nitrogens with one attached hydrogen (secondary N) is 2. The van der Waals surface area contributed by atoms with Gasteiger partial charge in [0.25, 0.3) is 11.8 Å². The molecule has 0 aromatic heterocycles. The van der Waals surface area contributed by atoms with E-state index < -0.39 is 17.8 Å². The SMILES string of the molecule is O=C1NC(=O)C(=Cc2cc(I)c(OCc3cccc4ccccc34)c(I)c2)C(=O)N1. The van der Waals surface area contributed by atoms with E-state index in [9.17, 15) is 14.4 Å². The molecule has 0 unspecified atom stereocenters. The number of benzene rings is 3. The summed E-state index contributed by atoms with van der Waals surface area (Å²) < 4.78 is 7.82. The van der Waals surface area contributed by atoms with Crippen LogP contribution in [0, 0.1) is 7.14 Å². The van der Waals surface area contributed by atoms with E-state index in [1.807, 2.05) is 36.4 Å². The van der Waals surface area contributed by atoms with Crippen molar-refractivity contribution < 1.29 is 19.1 Å². The van der Waals surface area contributed by atoms with Gasteiger partial charge in [0.2, 0.25) is 0 Å². The van der Waals surface area contributed by atoms with E-state index in [0.717, 1.165) is 29.2 Å². The number of carbonyl (C=O) groups excluding carboxylic acids is 3. The number of carbonyl (C=O) groups is 3. The third-order valence-electron chi connectivity index (χ3n) is 4.53. The molecule has 150 valence electrons. The molecule has 3 aromatic carbocycles. The second-order valence-corrected chi connectivity index (χ2v) is 8.86. The Morgan fingerprint density at radius 2 is 1.50 bits per heavy atom. The lowest BCUT2D eigenvalue weighted by Crippen LogP contribution is -2.51. The summed E-state index contributed by atoms with van der Waals surface area (Å²) in [4.78, 5) is 35.1. The first kappa shape index (κ1) is 20.8. The lowest BCUT2D eigenvalue weighted by atomic mass is 10.1. The molecule has 1 aliphatic heterocycles. The predicted octanol–water partition coefficient (Wildman–Crippen LogP) is 4.38. The fourth-order valence-corrected chi connectivity index (χ4v) is 5.27. The fourth-order valence-electron chi connectivity index (χ4n) is 3.14. The third-order valence-corrected chi connectivity index (χ3v) is 6.13. The van der Waals surface area contributed by atoms with Gasteiger partial charge in [0, 0.05) is 0 Å². The number of ether oxygens (including phenoxy) is 1. The molecule has 0 aliphatic carbocycles. The van der Waals surface area contributed by atoms with Gasteiger partial charge < -0.3 is 4.74 Å². The van der Waals surface area contributed by atoms with Crippen LogP contribution < -0.4 is 15.4 Å². The highest BCUT2D eigenvalue weighted by Gasteiger charge is 2.27. The average molecular weight is 624 g/mol. The minimum absolute atomic E-state index is 0.120. The molecule has 0 bridgehead atoms. The number of barbiturate groups is 1. The first-order chi connectivity index (χ1) is 14.4. The van der Waals surface area contributed by atoms with Crippen molar-refractivity contribution in [2.45, 2.75) is 6.61 Å². The zero-order valence-electron chi connectivity index (χ0n) is 15.4. The second kappa shape index (κ2) is 8.72. The van der Waals surface area contributed by atoms with Gasteiger partial charge in [-0.25, -0.2) is 4.79 Å². The molecule has 1 fully saturated rings. The normalized spacial score (nSPS) is 13.8. The second-order valence-electron chi connectivity index (χ2n) is 6.54. The first-order valence-corrected chi connectivity index (χ1v) is 11.0. The van der Waals surface area contributed by atoms with Crippen LogP contribution in [0.3, 0.4) is 0 Å². The van der Waals surface area contributed by atoms with Gasteiger partial charge in [-0.1, -0.05) is 42.5 Å². The summed E-state index contributed by atoms with van der Waals surface area (Å²) in [5.41, 5.74) is 1.63. The van der Waals surface area contributed by atoms with E-state index in [1.54, 1.807) is 0 Å². The largest absolute Gasteiger partial charge is 0.487 e. The zero-order valence-corrected chi connectivity index (χ0v) is 19.7. The Morgan fingerprint density at radius 3 is 2.20 bits per heavy atom. The van der Waals surface area contributed by atoms with Crippen molar-refractivity contribution in [2.75, 3.05) is 0 Å². The molecule has 1 saturated heterocycles. The van der Waals surface area contributed by atoms with Crippen LogP contribution in [0.25, 0.3) is 16.8 Å². The Morgan fingerprint density at radius 1 is 0.867 bits per heavy atom. The Kier molecular flexibility index (Phi) is 6.04. The van der Waals surface area contributed by atoms with E-state index in [0.29, 0.717) is 12.2 Å². The minimum Gasteiger partial charge on any atom is -0.487 e. The van der Waals surface area contributed by atoms with Crippen molar-refractivity contribution in [3.8, 4) is 5.75 Å². The highest BCUT2D eigenvalue weighted by Crippen LogP contribution is 2.31. The topological polar surface area (TPSA) is 84.5 Å². The smallest absolute Gasteiger partial charge is 0.328 e. The molecule has 30 heavy (non-hydrogen) atoms. The Labute approximate surface area is 199 Å². The monoisotopic (exact) mass is 624 g/mol. The molecule has 0 saturated carbocycles. The first-order valence-electron chi connectivity index (χ1n) is 8.89. The fraction of sp³-hybridized carbons (Fsp3) is 0.0455. The summed E-state index contributed by atoms with van der Waals surface area (Å²) >= 11 is 4.33. The highest BCUT2D eigenvalue weighted by atomic mass is 127. The molecule has 0 atom stereocenters. The van der Waals surface area contributed by atoms with E-state index in [4.69, 9.17) is 4.74 Å². The van der Waals surface area contributed by atoms with Gasteiger partial charge >= 0.3 is 6.03 Å². The maximum atomic E-state index is 11.9. The Hall–Kier alpha value is -2.47. The molecule has 2 N–H and O–H groups in total. The average Bonchev–Trinajstić information content (AvgIpc) is 2.70. The van der Waals surface area contributed by atoms with Crippen LogP contribution in [0.2, 0.25) is 0 Å². The lowest BCUT2D eigenvalue weighted by Gasteiger charge is -2.15. The number of amides is 4. The number of urea groups is 1. The van der Waals surface area contributed by atoms with Gasteiger partial charge in [0.1, 0.15) is 17.9 Å². The summed E-state index contributed by atoms with van der Waals surface area (Å²) in [6.45, 7) is 0.417. The summed E-state index contributed by atoms with van der Waals surface area (Å²) in [6.07, 6.45) is 1.45. The van der Waals surface area contributed by atoms with Crippen LogP contribution in [0.4, 0.5) is 4.79 Å². The van der Waals surface area contributed by atoms with Crippen LogP contribution in [0.1, 0.15) is 11.1 Å². The van der Waals surface area contributed by atoms with Crippen molar-refractivity contribution in [1.82, 2.24) is 10.6 Å². The molecule has 8 heteroatoms. The van der Waals surface area contributed by atoms with Crippen molar-refractivity contribution in [1.29, 1.82) is 0 Å². The van der Waals surface area contributed by atoms with Gasteiger partial charge in [0.05, 0.1) is 7.14 Å². The number of hydrogen-bond acceptors (Lipinski definition) is 4. The van der Waals surface area contributed by atoms with Crippen LogP contribution in [-0.2, 0) is 16.2 Å². The van der Waals surface area contributed by atoms with Gasteiger partial charge in [-0.15, -0.1) is 0 Å². The van der Waals surface area contributed by atoms with E-state index in [-0.39, 0.29) is 5.57 Å². The molecule has 6 nitrogen and oxygen atoms in total. The summed E-state index contributed by atoms with van der Waals surface area (Å²) in [5, 5.41) is 6.44. The van der Waals surface area contributed by atoms with Gasteiger partial charge in [-0.2, -0.15) is 0 Å². The van der Waals surface area contributed by atoms with Crippen molar-refractivity contribution in [3.05, 3.63) is 78.4 Å². The quantitative estimate of drug-likeness (QED) is 0.257. The standard InChI is InChI=1S/C22H14I2N2O4/c23-17-9-12(8-16-20(27)25-22(29)26-21(16)28)10-18(24)19(17)30-11-14-6-3-5-13-4-1-2-7-15(13)14/h1-10H,11H2,(H2,25,26,27,28,29). The highest BCUT2D eigenvalue weighted by molar-refractivity contribution is 14.1. The summed E-state index contributed by atoms with van der Waals surface area (Å²) in [6, 6.07) is 17.1. The van der Waals surface area contributed by atoms with Crippen LogP contribution in [0.5, 0.6) is 5.75 Å². The Balaban J connectivity index is 1.59. The van der Waals surface area contributed by atoms with Crippen LogP contribution in [-0.4, -0.2) is 17.8 Å². The van der Waals surface area contributed by atoms with Crippen LogP contribution in [0.15, 0.2) is 60.2 Å². The lowest BCUT2D eigenvalue weighted by molar-refractivity contribution is -0.123. The number of halogens is 2. The molecule has 4 amide bonds. The molecule has 3 aromatic rings. The van der Waals surface area contributed by atoms with Crippen molar-refractivity contribution in [3.63, 3.8) is 0 Å². The maximum absolute atomic E-state index is 11.9. The van der Waals surface area contributed by atoms with E-state index in [2.05, 4.69) is 74.0 Å². The van der Waals surface area contributed by atoms with Gasteiger partial charge in [0.15, 0.2) is 0 Å². The maximum Gasteiger partial charge on any atom is 0.328 e. The number of rotatable bonds is 4. The zero-order chi connectivity index (χ0) is 21.3. The summed E-state index contributed by atoms with van der Waals surface area (Å²) in [7, 11) is 0. The predicted molar refractivity (Wildman–Crippen MR) is 130 cm³/mol.